The Hall–Kier alpha value is -2.37. The lowest BCUT2D eigenvalue weighted by molar-refractivity contribution is 0.0696. The highest BCUT2D eigenvalue weighted by Gasteiger charge is 2.10. The molecule has 0 atom stereocenters. The van der Waals surface area contributed by atoms with Gasteiger partial charge in [-0.1, -0.05) is 6.92 Å². The highest BCUT2D eigenvalue weighted by Crippen LogP contribution is 2.17. The highest BCUT2D eigenvalue weighted by molar-refractivity contribution is 5.87. The highest BCUT2D eigenvalue weighted by atomic mass is 19.1. The number of carboxylic acids is 1. The van der Waals surface area contributed by atoms with Gasteiger partial charge in [-0.3, -0.25) is 4.68 Å². The third-order valence-corrected chi connectivity index (χ3v) is 3.00. The van der Waals surface area contributed by atoms with Gasteiger partial charge in [0.15, 0.2) is 0 Å². The van der Waals surface area contributed by atoms with E-state index in [1.165, 1.54) is 18.2 Å². The summed E-state index contributed by atoms with van der Waals surface area (Å²) in [6.45, 7) is 2.20. The molecule has 106 valence electrons. The maximum atomic E-state index is 13.7. The summed E-state index contributed by atoms with van der Waals surface area (Å²) in [5.41, 5.74) is 2.11. The van der Waals surface area contributed by atoms with Crippen molar-refractivity contribution in [3.8, 4) is 0 Å². The molecule has 1 aromatic carbocycles. The number of nitrogens with one attached hydrogen (secondary N) is 1. The van der Waals surface area contributed by atoms with Gasteiger partial charge in [0.1, 0.15) is 5.82 Å². The van der Waals surface area contributed by atoms with Crippen LogP contribution in [0.4, 0.5) is 10.1 Å². The van der Waals surface area contributed by atoms with Gasteiger partial charge in [0.25, 0.3) is 0 Å². The Balaban J connectivity index is 2.18. The lowest BCUT2D eigenvalue weighted by Crippen LogP contribution is -2.05. The van der Waals surface area contributed by atoms with Gasteiger partial charge in [-0.05, 0) is 24.6 Å². The lowest BCUT2D eigenvalue weighted by atomic mass is 10.1. The van der Waals surface area contributed by atoms with Gasteiger partial charge >= 0.3 is 5.97 Å². The molecular weight excluding hydrogens is 261 g/mol. The number of carbonyl (C=O) groups is 1. The molecule has 20 heavy (non-hydrogen) atoms. The fraction of sp³-hybridized carbons (Fsp3) is 0.286. The van der Waals surface area contributed by atoms with E-state index in [0.29, 0.717) is 5.56 Å². The number of aryl methyl sites for hydroxylation is 2. The smallest absolute Gasteiger partial charge is 0.335 e. The third-order valence-electron chi connectivity index (χ3n) is 3.00. The standard InChI is InChI=1S/C14H16FN3O2/c1-3-12-13(8-18(2)17-12)16-7-10-6-9(14(19)20)4-5-11(10)15/h4-6,8,16H,3,7H2,1-2H3,(H,19,20). The number of nitrogens with zero attached hydrogens (tertiary/aromatic N) is 2. The Morgan fingerprint density at radius 3 is 2.90 bits per heavy atom. The Kier molecular flexibility index (Phi) is 4.02. The molecule has 5 nitrogen and oxygen atoms in total. The molecule has 1 heterocycles. The van der Waals surface area contributed by atoms with Crippen LogP contribution in [0.3, 0.4) is 0 Å². The average Bonchev–Trinajstić information content (AvgIpc) is 2.77. The molecule has 0 aliphatic rings. The Morgan fingerprint density at radius 1 is 1.50 bits per heavy atom. The van der Waals surface area contributed by atoms with Crippen LogP contribution in [0.15, 0.2) is 24.4 Å². The van der Waals surface area contributed by atoms with Crippen LogP contribution < -0.4 is 5.32 Å². The zero-order chi connectivity index (χ0) is 14.7. The second-order valence-corrected chi connectivity index (χ2v) is 4.48. The normalized spacial score (nSPS) is 10.6. The molecule has 0 aliphatic heterocycles. The third kappa shape index (κ3) is 2.96. The monoisotopic (exact) mass is 277 g/mol. The number of hydrogen-bond acceptors (Lipinski definition) is 3. The first-order valence-electron chi connectivity index (χ1n) is 6.29. The molecule has 0 saturated carbocycles. The number of halogens is 1. The first-order valence-corrected chi connectivity index (χ1v) is 6.29. The summed E-state index contributed by atoms with van der Waals surface area (Å²) in [4.78, 5) is 10.9. The molecule has 2 aromatic rings. The van der Waals surface area contributed by atoms with Gasteiger partial charge < -0.3 is 10.4 Å². The fourth-order valence-electron chi connectivity index (χ4n) is 1.98. The molecule has 0 spiro atoms. The molecule has 2 N–H and O–H groups in total. The van der Waals surface area contributed by atoms with Gasteiger partial charge in [0.2, 0.25) is 0 Å². The number of aromatic carboxylic acids is 1. The van der Waals surface area contributed by atoms with Gasteiger partial charge in [-0.15, -0.1) is 0 Å². The minimum Gasteiger partial charge on any atom is -0.478 e. The quantitative estimate of drug-likeness (QED) is 0.880. The number of carboxylic acid groups (broad SMARTS) is 1. The summed E-state index contributed by atoms with van der Waals surface area (Å²) >= 11 is 0. The summed E-state index contributed by atoms with van der Waals surface area (Å²) in [7, 11) is 1.82. The van der Waals surface area contributed by atoms with Gasteiger partial charge in [0.05, 0.1) is 16.9 Å². The predicted octanol–water partition coefficient (Wildman–Crippen LogP) is 2.43. The summed E-state index contributed by atoms with van der Waals surface area (Å²) in [6, 6.07) is 3.76. The van der Waals surface area contributed by atoms with E-state index in [-0.39, 0.29) is 12.1 Å². The fourth-order valence-corrected chi connectivity index (χ4v) is 1.98. The van der Waals surface area contributed by atoms with E-state index >= 15 is 0 Å². The van der Waals surface area contributed by atoms with Gasteiger partial charge in [0, 0.05) is 25.4 Å². The van der Waals surface area contributed by atoms with Crippen LogP contribution in [0.5, 0.6) is 0 Å². The van der Waals surface area contributed by atoms with Crippen LogP contribution in [0.25, 0.3) is 0 Å². The second kappa shape index (κ2) is 5.73. The van der Waals surface area contributed by atoms with Crippen molar-refractivity contribution in [2.75, 3.05) is 5.32 Å². The Morgan fingerprint density at radius 2 is 2.25 bits per heavy atom. The van der Waals surface area contributed by atoms with Gasteiger partial charge in [-0.2, -0.15) is 5.10 Å². The zero-order valence-corrected chi connectivity index (χ0v) is 11.4. The molecule has 6 heteroatoms. The van der Waals surface area contributed by atoms with Crippen molar-refractivity contribution in [2.45, 2.75) is 19.9 Å². The van der Waals surface area contributed by atoms with Crippen LogP contribution >= 0.6 is 0 Å². The molecule has 0 fully saturated rings. The summed E-state index contributed by atoms with van der Waals surface area (Å²) < 4.78 is 15.4. The summed E-state index contributed by atoms with van der Waals surface area (Å²) in [5, 5.41) is 16.3. The zero-order valence-electron chi connectivity index (χ0n) is 11.4. The molecule has 0 aliphatic carbocycles. The number of rotatable bonds is 5. The largest absolute Gasteiger partial charge is 0.478 e. The topological polar surface area (TPSA) is 67.2 Å². The average molecular weight is 277 g/mol. The molecule has 0 unspecified atom stereocenters. The minimum atomic E-state index is -1.07. The predicted molar refractivity (Wildman–Crippen MR) is 73.3 cm³/mol. The second-order valence-electron chi connectivity index (χ2n) is 4.48. The van der Waals surface area contributed by atoms with E-state index in [0.717, 1.165) is 17.8 Å². The van der Waals surface area contributed by atoms with E-state index in [9.17, 15) is 9.18 Å². The summed E-state index contributed by atoms with van der Waals surface area (Å²) in [6.07, 6.45) is 2.58. The first-order chi connectivity index (χ1) is 9.51. The maximum Gasteiger partial charge on any atom is 0.335 e. The summed E-state index contributed by atoms with van der Waals surface area (Å²) in [5.74, 6) is -1.49. The van der Waals surface area contributed by atoms with E-state index in [2.05, 4.69) is 10.4 Å². The Bertz CT molecular complexity index is 637. The molecule has 0 radical (unpaired) electrons. The minimum absolute atomic E-state index is 0.0742. The number of aromatic nitrogens is 2. The van der Waals surface area contributed by atoms with Crippen LogP contribution in [-0.4, -0.2) is 20.9 Å². The molecule has 0 saturated heterocycles. The van der Waals surface area contributed by atoms with Crippen molar-refractivity contribution >= 4 is 11.7 Å². The molecule has 0 amide bonds. The lowest BCUT2D eigenvalue weighted by Gasteiger charge is -2.07. The van der Waals surface area contributed by atoms with Gasteiger partial charge in [-0.25, -0.2) is 9.18 Å². The van der Waals surface area contributed by atoms with Crippen molar-refractivity contribution in [3.05, 3.63) is 47.0 Å². The molecule has 0 bridgehead atoms. The van der Waals surface area contributed by atoms with Crippen LogP contribution in [-0.2, 0) is 20.0 Å². The number of benzene rings is 1. The van der Waals surface area contributed by atoms with Crippen molar-refractivity contribution in [1.82, 2.24) is 9.78 Å². The van der Waals surface area contributed by atoms with Crippen LogP contribution in [0.1, 0.15) is 28.5 Å². The Labute approximate surface area is 116 Å². The van der Waals surface area contributed by atoms with E-state index in [4.69, 9.17) is 5.11 Å². The molecular formula is C14H16FN3O2. The number of anilines is 1. The van der Waals surface area contributed by atoms with Crippen LogP contribution in [0.2, 0.25) is 0 Å². The van der Waals surface area contributed by atoms with E-state index in [1.54, 1.807) is 4.68 Å². The SMILES string of the molecule is CCc1nn(C)cc1NCc1cc(C(=O)O)ccc1F. The van der Waals surface area contributed by atoms with E-state index < -0.39 is 11.8 Å². The molecule has 1 aromatic heterocycles. The number of hydrogen-bond donors (Lipinski definition) is 2. The van der Waals surface area contributed by atoms with Crippen molar-refractivity contribution in [1.29, 1.82) is 0 Å². The first kappa shape index (κ1) is 14.0. The van der Waals surface area contributed by atoms with Crippen LogP contribution in [0, 0.1) is 5.82 Å². The van der Waals surface area contributed by atoms with E-state index in [1.807, 2.05) is 20.2 Å². The van der Waals surface area contributed by atoms with Crippen molar-refractivity contribution < 1.29 is 14.3 Å². The molecule has 2 rings (SSSR count). The van der Waals surface area contributed by atoms with Crippen molar-refractivity contribution in [2.24, 2.45) is 7.05 Å². The maximum absolute atomic E-state index is 13.7. The van der Waals surface area contributed by atoms with Crippen molar-refractivity contribution in [3.63, 3.8) is 0 Å².